The van der Waals surface area contributed by atoms with Gasteiger partial charge in [-0.3, -0.25) is 13.9 Å². The molecular formula is C23H30ClN6O8P. The van der Waals surface area contributed by atoms with E-state index in [2.05, 4.69) is 20.0 Å². The lowest BCUT2D eigenvalue weighted by Gasteiger charge is -2.24. The number of nitrogens with two attached hydrogens (primary N) is 1. The molecule has 14 nitrogen and oxygen atoms in total. The second kappa shape index (κ2) is 12.0. The summed E-state index contributed by atoms with van der Waals surface area (Å²) in [6, 6.07) is 5.05. The molecule has 4 N–H and O–H groups in total. The number of fused-ring (bicyclic) bond motifs is 1. The monoisotopic (exact) mass is 584 g/mol. The average Bonchev–Trinajstić information content (AvgIpc) is 3.44. The van der Waals surface area contributed by atoms with Crippen molar-refractivity contribution in [2.45, 2.75) is 45.2 Å². The third-order valence-electron chi connectivity index (χ3n) is 6.00. The number of hydrogen-bond donors (Lipinski definition) is 3. The maximum Gasteiger partial charge on any atom is 0.459 e. The Kier molecular flexibility index (Phi) is 8.94. The molecule has 6 unspecified atom stereocenters. The molecule has 3 aromatic rings. The largest absolute Gasteiger partial charge is 0.476 e. The van der Waals surface area contributed by atoms with Crippen molar-refractivity contribution in [3.8, 4) is 11.6 Å². The third-order valence-corrected chi connectivity index (χ3v) is 7.90. The molecule has 0 aliphatic carbocycles. The van der Waals surface area contributed by atoms with Crippen molar-refractivity contribution in [3.05, 3.63) is 35.6 Å². The van der Waals surface area contributed by atoms with E-state index in [1.54, 1.807) is 30.5 Å². The van der Waals surface area contributed by atoms with Gasteiger partial charge in [0.05, 0.1) is 32.8 Å². The van der Waals surface area contributed by atoms with Gasteiger partial charge < -0.3 is 29.6 Å². The molecule has 16 heteroatoms. The summed E-state index contributed by atoms with van der Waals surface area (Å²) in [5.41, 5.74) is 6.61. The number of nitrogens with one attached hydrogen (secondary N) is 1. The van der Waals surface area contributed by atoms with Gasteiger partial charge in [-0.1, -0.05) is 18.5 Å². The highest BCUT2D eigenvalue weighted by atomic mass is 35.5. The molecule has 212 valence electrons. The number of benzene rings is 1. The Morgan fingerprint density at radius 1 is 1.33 bits per heavy atom. The van der Waals surface area contributed by atoms with Gasteiger partial charge in [-0.2, -0.15) is 15.1 Å². The molecule has 0 spiro atoms. The zero-order valence-electron chi connectivity index (χ0n) is 21.7. The van der Waals surface area contributed by atoms with Crippen LogP contribution in [0.3, 0.4) is 0 Å². The minimum Gasteiger partial charge on any atom is -0.476 e. The van der Waals surface area contributed by atoms with Crippen molar-refractivity contribution in [1.29, 1.82) is 0 Å². The predicted octanol–water partition coefficient (Wildman–Crippen LogP) is 2.71. The first kappa shape index (κ1) is 29.0. The Labute approximate surface area is 229 Å². The SMILES string of the molecule is CCOc1nc(N)nc2c1ncn2C1OC(COP(=O)(NC(C)C(=O)OC)Oc2ccc(Cl)cc2)C(O)C1C. The summed E-state index contributed by atoms with van der Waals surface area (Å²) in [6.45, 7) is 5.03. The molecular weight excluding hydrogens is 555 g/mol. The van der Waals surface area contributed by atoms with Crippen LogP contribution in [-0.2, 0) is 23.4 Å². The van der Waals surface area contributed by atoms with Crippen molar-refractivity contribution in [2.24, 2.45) is 5.92 Å². The highest BCUT2D eigenvalue weighted by molar-refractivity contribution is 7.52. The molecule has 0 saturated carbocycles. The van der Waals surface area contributed by atoms with E-state index < -0.39 is 44.1 Å². The molecule has 1 fully saturated rings. The van der Waals surface area contributed by atoms with Gasteiger partial charge in [0, 0.05) is 10.9 Å². The Morgan fingerprint density at radius 2 is 2.05 bits per heavy atom. The molecule has 0 amide bonds. The molecule has 39 heavy (non-hydrogen) atoms. The van der Waals surface area contributed by atoms with Gasteiger partial charge in [0.1, 0.15) is 24.1 Å². The van der Waals surface area contributed by atoms with Gasteiger partial charge >= 0.3 is 13.7 Å². The number of imidazole rings is 1. The predicted molar refractivity (Wildman–Crippen MR) is 140 cm³/mol. The lowest BCUT2D eigenvalue weighted by Crippen LogP contribution is -2.36. The quantitative estimate of drug-likeness (QED) is 0.221. The number of hydrogen-bond acceptors (Lipinski definition) is 12. The number of carbonyl (C=O) groups is 1. The third kappa shape index (κ3) is 6.43. The number of halogens is 1. The number of aliphatic hydroxyl groups is 1. The highest BCUT2D eigenvalue weighted by Gasteiger charge is 2.44. The summed E-state index contributed by atoms with van der Waals surface area (Å²) in [7, 11) is -2.98. The zero-order chi connectivity index (χ0) is 28.3. The van der Waals surface area contributed by atoms with Gasteiger partial charge in [-0.15, -0.1) is 0 Å². The van der Waals surface area contributed by atoms with Crippen LogP contribution in [0.4, 0.5) is 5.95 Å². The van der Waals surface area contributed by atoms with Crippen LogP contribution in [0.2, 0.25) is 5.02 Å². The highest BCUT2D eigenvalue weighted by Crippen LogP contribution is 2.47. The van der Waals surface area contributed by atoms with E-state index in [4.69, 9.17) is 40.6 Å². The number of ether oxygens (including phenoxy) is 3. The number of aliphatic hydroxyl groups excluding tert-OH is 1. The Morgan fingerprint density at radius 3 is 2.72 bits per heavy atom. The zero-order valence-corrected chi connectivity index (χ0v) is 23.3. The van der Waals surface area contributed by atoms with E-state index in [-0.39, 0.29) is 24.2 Å². The maximum absolute atomic E-state index is 13.7. The average molecular weight is 585 g/mol. The van der Waals surface area contributed by atoms with E-state index in [0.717, 1.165) is 0 Å². The van der Waals surface area contributed by atoms with Crippen molar-refractivity contribution < 1.29 is 37.7 Å². The van der Waals surface area contributed by atoms with E-state index in [1.165, 1.54) is 32.5 Å². The minimum atomic E-state index is -4.18. The van der Waals surface area contributed by atoms with Crippen molar-refractivity contribution in [3.63, 3.8) is 0 Å². The fourth-order valence-electron chi connectivity index (χ4n) is 4.04. The smallest absolute Gasteiger partial charge is 0.459 e. The van der Waals surface area contributed by atoms with Crippen LogP contribution in [0.15, 0.2) is 30.6 Å². The number of carbonyl (C=O) groups excluding carboxylic acids is 1. The lowest BCUT2D eigenvalue weighted by molar-refractivity contribution is -0.142. The summed E-state index contributed by atoms with van der Waals surface area (Å²) in [6.07, 6.45) is -1.18. The van der Waals surface area contributed by atoms with Gasteiger partial charge in [-0.05, 0) is 38.1 Å². The van der Waals surface area contributed by atoms with Crippen LogP contribution in [0.1, 0.15) is 27.0 Å². The number of aromatic nitrogens is 4. The first-order chi connectivity index (χ1) is 18.5. The maximum atomic E-state index is 13.7. The standard InChI is InChI=1S/C23H30ClN6O8P/c1-5-35-20-17-19(27-23(25)28-20)30(11-26-17)21-12(2)18(31)16(37-21)10-36-39(33,29-13(3)22(32)34-4)38-15-8-6-14(24)7-9-15/h6-9,11-13,16,18,21,31H,5,10H2,1-4H3,(H,29,33)(H2,25,27,28). The van der Waals surface area contributed by atoms with Crippen molar-refractivity contribution >= 4 is 42.4 Å². The summed E-state index contributed by atoms with van der Waals surface area (Å²) in [4.78, 5) is 24.7. The summed E-state index contributed by atoms with van der Waals surface area (Å²) >= 11 is 5.92. The summed E-state index contributed by atoms with van der Waals surface area (Å²) < 4.78 is 42.9. The van der Waals surface area contributed by atoms with Gasteiger partial charge in [0.15, 0.2) is 11.2 Å². The van der Waals surface area contributed by atoms with Gasteiger partial charge in [0.25, 0.3) is 0 Å². The number of nitrogen functional groups attached to an aromatic ring is 1. The summed E-state index contributed by atoms with van der Waals surface area (Å²) in [5.74, 6) is -0.732. The Hall–Kier alpha value is -3.00. The molecule has 2 aromatic heterocycles. The minimum absolute atomic E-state index is 0.00938. The lowest BCUT2D eigenvalue weighted by atomic mass is 10.0. The molecule has 6 atom stereocenters. The Balaban J connectivity index is 1.54. The van der Waals surface area contributed by atoms with Gasteiger partial charge in [0.2, 0.25) is 11.8 Å². The molecule has 1 aliphatic rings. The molecule has 0 bridgehead atoms. The van der Waals surface area contributed by atoms with Crippen molar-refractivity contribution in [2.75, 3.05) is 26.1 Å². The number of rotatable bonds is 11. The molecule has 4 rings (SSSR count). The van der Waals surface area contributed by atoms with Gasteiger partial charge in [-0.25, -0.2) is 9.55 Å². The second-order valence-corrected chi connectivity index (χ2v) is 10.9. The molecule has 1 aromatic carbocycles. The van der Waals surface area contributed by atoms with Crippen LogP contribution >= 0.6 is 19.3 Å². The molecule has 1 aliphatic heterocycles. The second-order valence-electron chi connectivity index (χ2n) is 8.77. The van der Waals surface area contributed by atoms with Crippen LogP contribution in [0.5, 0.6) is 11.6 Å². The van der Waals surface area contributed by atoms with E-state index >= 15 is 0 Å². The number of methoxy groups -OCH3 is 1. The first-order valence-corrected chi connectivity index (χ1v) is 14.0. The molecule has 0 radical (unpaired) electrons. The normalized spacial score (nSPS) is 23.3. The number of nitrogens with zero attached hydrogens (tertiary/aromatic N) is 4. The van der Waals surface area contributed by atoms with Crippen LogP contribution < -0.4 is 20.1 Å². The van der Waals surface area contributed by atoms with E-state index in [0.29, 0.717) is 22.8 Å². The number of esters is 1. The fraction of sp³-hybridized carbons (Fsp3) is 0.478. The van der Waals surface area contributed by atoms with Crippen LogP contribution in [0, 0.1) is 5.92 Å². The molecule has 1 saturated heterocycles. The Bertz CT molecular complexity index is 1360. The topological polar surface area (TPSA) is 182 Å². The summed E-state index contributed by atoms with van der Waals surface area (Å²) in [5, 5.41) is 14.0. The molecule has 3 heterocycles. The van der Waals surface area contributed by atoms with E-state index in [1.807, 2.05) is 0 Å². The van der Waals surface area contributed by atoms with Crippen LogP contribution in [-0.4, -0.2) is 69.2 Å². The first-order valence-electron chi connectivity index (χ1n) is 12.1. The number of anilines is 1. The van der Waals surface area contributed by atoms with Crippen LogP contribution in [0.25, 0.3) is 11.2 Å². The van der Waals surface area contributed by atoms with E-state index in [9.17, 15) is 14.5 Å². The fourth-order valence-corrected chi connectivity index (χ4v) is 5.67. The van der Waals surface area contributed by atoms with Crippen molar-refractivity contribution in [1.82, 2.24) is 24.6 Å².